The molecule has 3 aromatic carbocycles. The van der Waals surface area contributed by atoms with Crippen molar-refractivity contribution in [2.45, 2.75) is 12.8 Å². The first kappa shape index (κ1) is 20.2. The molecule has 26 heavy (non-hydrogen) atoms. The van der Waals surface area contributed by atoms with Crippen LogP contribution in [-0.4, -0.2) is 18.8 Å². The van der Waals surface area contributed by atoms with E-state index in [1.807, 2.05) is 66.7 Å². The standard InChI is InChI=1S/C19H15N.C4H8N.Li/c1-4-10-16(11-5-1)19(17-12-6-2-7-13-17)20-18-14-8-3-9-15-18;1-2-4-5-3-1;/h1-15H;1-4H2;/q;-1;+1. The number of nitrogens with zero attached hydrogens (tertiary/aromatic N) is 2. The van der Waals surface area contributed by atoms with E-state index >= 15 is 0 Å². The molecule has 0 spiro atoms. The van der Waals surface area contributed by atoms with Crippen LogP contribution in [0.1, 0.15) is 24.0 Å². The van der Waals surface area contributed by atoms with Crippen molar-refractivity contribution in [3.05, 3.63) is 107 Å². The molecule has 4 rings (SSSR count). The third-order valence-electron chi connectivity index (χ3n) is 3.97. The molecule has 1 heterocycles. The maximum atomic E-state index is 4.82. The van der Waals surface area contributed by atoms with Crippen LogP contribution in [0.2, 0.25) is 0 Å². The van der Waals surface area contributed by atoms with Crippen molar-refractivity contribution in [2.75, 3.05) is 13.1 Å². The summed E-state index contributed by atoms with van der Waals surface area (Å²) < 4.78 is 0. The average Bonchev–Trinajstić information content (AvgIpc) is 3.28. The zero-order chi connectivity index (χ0) is 17.2. The van der Waals surface area contributed by atoms with Gasteiger partial charge < -0.3 is 5.32 Å². The Hall–Kier alpha value is -2.11. The Bertz CT molecular complexity index is 718. The number of aliphatic imine (C=N–C) groups is 1. The Kier molecular flexibility index (Phi) is 8.93. The molecule has 2 nitrogen and oxygen atoms in total. The summed E-state index contributed by atoms with van der Waals surface area (Å²) in [5.74, 6) is 0. The summed E-state index contributed by atoms with van der Waals surface area (Å²) in [6.07, 6.45) is 2.67. The summed E-state index contributed by atoms with van der Waals surface area (Å²) in [7, 11) is 0. The van der Waals surface area contributed by atoms with E-state index in [2.05, 4.69) is 29.6 Å². The SMILES string of the molecule is C1CC[N-]C1.[Li+].c1ccc(N=C(c2ccccc2)c2ccccc2)cc1. The molecule has 0 amide bonds. The van der Waals surface area contributed by atoms with Crippen LogP contribution in [0, 0.1) is 0 Å². The molecule has 126 valence electrons. The van der Waals surface area contributed by atoms with Crippen LogP contribution in [0.5, 0.6) is 0 Å². The van der Waals surface area contributed by atoms with Gasteiger partial charge in [0.2, 0.25) is 0 Å². The van der Waals surface area contributed by atoms with Gasteiger partial charge in [-0.2, -0.15) is 0 Å². The molecule has 1 saturated heterocycles. The molecule has 0 radical (unpaired) electrons. The minimum atomic E-state index is 0. The van der Waals surface area contributed by atoms with Gasteiger partial charge >= 0.3 is 18.9 Å². The Labute approximate surface area is 168 Å². The Morgan fingerprint density at radius 3 is 1.42 bits per heavy atom. The molecule has 1 aliphatic rings. The molecule has 0 saturated carbocycles. The number of hydrogen-bond acceptors (Lipinski definition) is 1. The van der Waals surface area contributed by atoms with Gasteiger partial charge in [0.25, 0.3) is 0 Å². The average molecular weight is 334 g/mol. The van der Waals surface area contributed by atoms with Gasteiger partial charge in [0.15, 0.2) is 0 Å². The van der Waals surface area contributed by atoms with Crippen molar-refractivity contribution in [3.63, 3.8) is 0 Å². The first-order chi connectivity index (χ1) is 12.4. The van der Waals surface area contributed by atoms with Crippen LogP contribution in [0.4, 0.5) is 5.69 Å². The summed E-state index contributed by atoms with van der Waals surface area (Å²) in [4.78, 5) is 4.82. The molecule has 0 N–H and O–H groups in total. The minimum absolute atomic E-state index is 0. The Morgan fingerprint density at radius 2 is 1.04 bits per heavy atom. The number of rotatable bonds is 3. The second-order valence-electron chi connectivity index (χ2n) is 5.91. The van der Waals surface area contributed by atoms with Gasteiger partial charge in [-0.1, -0.05) is 91.7 Å². The van der Waals surface area contributed by atoms with E-state index in [-0.39, 0.29) is 18.9 Å². The van der Waals surface area contributed by atoms with Gasteiger partial charge in [0.1, 0.15) is 0 Å². The Morgan fingerprint density at radius 1 is 0.615 bits per heavy atom. The van der Waals surface area contributed by atoms with Gasteiger partial charge in [-0.15, -0.1) is 13.1 Å². The van der Waals surface area contributed by atoms with Gasteiger partial charge in [-0.25, -0.2) is 4.99 Å². The predicted molar refractivity (Wildman–Crippen MR) is 107 cm³/mol. The van der Waals surface area contributed by atoms with E-state index in [1.165, 1.54) is 12.8 Å². The molecule has 0 aromatic heterocycles. The Balaban J connectivity index is 0.000000351. The van der Waals surface area contributed by atoms with Crippen LogP contribution < -0.4 is 18.9 Å². The number of hydrogen-bond donors (Lipinski definition) is 0. The van der Waals surface area contributed by atoms with Crippen molar-refractivity contribution in [3.8, 4) is 0 Å². The fourth-order valence-electron chi connectivity index (χ4n) is 2.68. The molecule has 0 aliphatic carbocycles. The van der Waals surface area contributed by atoms with Crippen molar-refractivity contribution in [1.29, 1.82) is 0 Å². The summed E-state index contributed by atoms with van der Waals surface area (Å²) >= 11 is 0. The molecule has 1 aliphatic heterocycles. The normalized spacial score (nSPS) is 12.3. The van der Waals surface area contributed by atoms with Crippen LogP contribution >= 0.6 is 0 Å². The van der Waals surface area contributed by atoms with E-state index in [1.54, 1.807) is 0 Å². The van der Waals surface area contributed by atoms with Gasteiger partial charge in [-0.05, 0) is 12.1 Å². The maximum Gasteiger partial charge on any atom is 1.00 e. The number of benzene rings is 3. The summed E-state index contributed by atoms with van der Waals surface area (Å²) in [5, 5.41) is 4.08. The molecule has 0 unspecified atom stereocenters. The number of para-hydroxylation sites is 1. The fourth-order valence-corrected chi connectivity index (χ4v) is 2.68. The third-order valence-corrected chi connectivity index (χ3v) is 3.97. The zero-order valence-electron chi connectivity index (χ0n) is 15.4. The van der Waals surface area contributed by atoms with Gasteiger partial charge in [0.05, 0.1) is 11.4 Å². The van der Waals surface area contributed by atoms with Gasteiger partial charge in [-0.3, -0.25) is 0 Å². The summed E-state index contributed by atoms with van der Waals surface area (Å²) in [5.41, 5.74) is 4.22. The van der Waals surface area contributed by atoms with E-state index in [0.29, 0.717) is 0 Å². The summed E-state index contributed by atoms with van der Waals surface area (Å²) in [6, 6.07) is 30.6. The van der Waals surface area contributed by atoms with E-state index in [9.17, 15) is 0 Å². The molecule has 3 heteroatoms. The smallest absolute Gasteiger partial charge is 0.662 e. The zero-order valence-corrected chi connectivity index (χ0v) is 15.4. The van der Waals surface area contributed by atoms with Crippen molar-refractivity contribution >= 4 is 11.4 Å². The molecule has 3 aromatic rings. The van der Waals surface area contributed by atoms with Crippen molar-refractivity contribution in [2.24, 2.45) is 4.99 Å². The van der Waals surface area contributed by atoms with Crippen LogP contribution in [-0.2, 0) is 0 Å². The van der Waals surface area contributed by atoms with Crippen LogP contribution in [0.25, 0.3) is 5.32 Å². The van der Waals surface area contributed by atoms with Gasteiger partial charge in [0, 0.05) is 11.1 Å². The van der Waals surface area contributed by atoms with Crippen LogP contribution in [0.15, 0.2) is 96.0 Å². The van der Waals surface area contributed by atoms with E-state index < -0.39 is 0 Å². The van der Waals surface area contributed by atoms with Crippen molar-refractivity contribution in [1.82, 2.24) is 0 Å². The maximum absolute atomic E-state index is 4.82. The summed E-state index contributed by atoms with van der Waals surface area (Å²) in [6.45, 7) is 2.25. The second kappa shape index (κ2) is 11.5. The first-order valence-electron chi connectivity index (χ1n) is 8.81. The molecule has 0 atom stereocenters. The van der Waals surface area contributed by atoms with E-state index in [0.717, 1.165) is 35.6 Å². The first-order valence-corrected chi connectivity index (χ1v) is 8.81. The molecule has 0 bridgehead atoms. The quantitative estimate of drug-likeness (QED) is 0.520. The third kappa shape index (κ3) is 6.31. The fraction of sp³-hybridized carbons (Fsp3) is 0.174. The second-order valence-corrected chi connectivity index (χ2v) is 5.91. The van der Waals surface area contributed by atoms with E-state index in [4.69, 9.17) is 4.99 Å². The minimum Gasteiger partial charge on any atom is -0.662 e. The van der Waals surface area contributed by atoms with Crippen molar-refractivity contribution < 1.29 is 18.9 Å². The molecule has 1 fully saturated rings. The molecular formula is C23H23LiN2. The van der Waals surface area contributed by atoms with Crippen LogP contribution in [0.3, 0.4) is 0 Å². The predicted octanol–water partition coefficient (Wildman–Crippen LogP) is 3.01. The topological polar surface area (TPSA) is 26.5 Å². The largest absolute Gasteiger partial charge is 1.00 e. The monoisotopic (exact) mass is 334 g/mol. The molecular weight excluding hydrogens is 311 g/mol.